The van der Waals surface area contributed by atoms with E-state index in [1.807, 2.05) is 59.3 Å². The normalized spacial score (nSPS) is 21.5. The van der Waals surface area contributed by atoms with Crippen LogP contribution in [0, 0.1) is 5.92 Å². The summed E-state index contributed by atoms with van der Waals surface area (Å²) in [5.41, 5.74) is 6.38. The molecule has 302 valence electrons. The average molecular weight is 795 g/mol. The summed E-state index contributed by atoms with van der Waals surface area (Å²) in [6, 6.07) is 26.8. The highest BCUT2D eigenvalue weighted by Gasteiger charge is 2.50. The number of ether oxygens (including phenoxy) is 2. The van der Waals surface area contributed by atoms with E-state index in [0.717, 1.165) is 82.1 Å². The predicted molar refractivity (Wildman–Crippen MR) is 221 cm³/mol. The molecular formula is C45H46N8O6. The topological polar surface area (TPSA) is 175 Å². The van der Waals surface area contributed by atoms with Crippen molar-refractivity contribution in [2.24, 2.45) is 5.92 Å². The van der Waals surface area contributed by atoms with Crippen LogP contribution in [0.1, 0.15) is 74.4 Å². The molecule has 9 rings (SSSR count). The zero-order valence-corrected chi connectivity index (χ0v) is 33.1. The summed E-state index contributed by atoms with van der Waals surface area (Å²) < 4.78 is 9.53. The first-order chi connectivity index (χ1) is 28.7. The molecule has 2 aromatic heterocycles. The number of piperidine rings is 1. The Labute approximate surface area is 340 Å². The largest absolute Gasteiger partial charge is 0.453 e. The molecule has 0 radical (unpaired) electrons. The lowest BCUT2D eigenvalue weighted by molar-refractivity contribution is -0.136. The second-order valence-electron chi connectivity index (χ2n) is 15.8. The van der Waals surface area contributed by atoms with Crippen molar-refractivity contribution in [3.63, 3.8) is 0 Å². The molecule has 6 aromatic rings. The molecule has 2 saturated heterocycles. The van der Waals surface area contributed by atoms with Crippen LogP contribution in [0.25, 0.3) is 44.2 Å². The van der Waals surface area contributed by atoms with Gasteiger partial charge < -0.3 is 39.9 Å². The predicted octanol–water partition coefficient (Wildman–Crippen LogP) is 7.33. The maximum absolute atomic E-state index is 14.2. The number of aromatic nitrogens is 4. The Morgan fingerprint density at radius 3 is 2.36 bits per heavy atom. The standard InChI is InChI=1S/C45H46N8O6/c1-25-9-20-36(52(25)43(55)38(51-45(57)59-3)28-7-5-4-6-8-28)41-48-34-19-16-30-21-29(15-18-33(30)39(34)50-41)26-10-12-27(13-11-26)35-23-46-42(49-35)40-31-14-17-32(22-31)53(40)37(54)24-47-44(56)58-2/h4-8,10-13,15-16,18-19,21,23,25,31-32,36,38,40H,9,14,17,20,22,24H2,1-3H3,(H,46,49)(H,47,56)(H,48,50)(H,51,57)/t25?,31-,32+,36-,38+,40-/m0/s1. The van der Waals surface area contributed by atoms with Crippen molar-refractivity contribution in [3.8, 4) is 22.4 Å². The van der Waals surface area contributed by atoms with Crippen molar-refractivity contribution in [3.05, 3.63) is 108 Å². The summed E-state index contributed by atoms with van der Waals surface area (Å²) >= 11 is 0. The molecule has 6 atom stereocenters. The summed E-state index contributed by atoms with van der Waals surface area (Å²) in [5, 5.41) is 7.32. The molecule has 59 heavy (non-hydrogen) atoms. The van der Waals surface area contributed by atoms with Crippen LogP contribution in [0.15, 0.2) is 91.1 Å². The number of imidazole rings is 2. The van der Waals surface area contributed by atoms with Gasteiger partial charge in [-0.05, 0) is 84.7 Å². The molecule has 1 aliphatic carbocycles. The van der Waals surface area contributed by atoms with E-state index in [4.69, 9.17) is 14.7 Å². The third-order valence-corrected chi connectivity index (χ3v) is 12.4. The first-order valence-electron chi connectivity index (χ1n) is 20.1. The van der Waals surface area contributed by atoms with Crippen molar-refractivity contribution in [2.75, 3.05) is 20.8 Å². The number of aromatic amines is 2. The Bertz CT molecular complexity index is 2550. The Hall–Kier alpha value is -6.70. The summed E-state index contributed by atoms with van der Waals surface area (Å²) in [7, 11) is 2.57. The number of fused-ring (bicyclic) bond motifs is 5. The smallest absolute Gasteiger partial charge is 0.407 e. The molecule has 0 spiro atoms. The summed E-state index contributed by atoms with van der Waals surface area (Å²) in [6.45, 7) is 1.92. The van der Waals surface area contributed by atoms with Gasteiger partial charge in [-0.25, -0.2) is 19.6 Å². The van der Waals surface area contributed by atoms with Gasteiger partial charge in [-0.1, -0.05) is 72.8 Å². The van der Waals surface area contributed by atoms with Crippen LogP contribution in [-0.2, 0) is 19.1 Å². The van der Waals surface area contributed by atoms with Gasteiger partial charge in [-0.15, -0.1) is 0 Å². The number of hydrogen-bond acceptors (Lipinski definition) is 8. The monoisotopic (exact) mass is 794 g/mol. The van der Waals surface area contributed by atoms with E-state index in [0.29, 0.717) is 17.3 Å². The first kappa shape index (κ1) is 37.9. The van der Waals surface area contributed by atoms with Crippen LogP contribution in [0.5, 0.6) is 0 Å². The summed E-state index contributed by atoms with van der Waals surface area (Å²) in [4.78, 5) is 72.0. The molecule has 2 bridgehead atoms. The van der Waals surface area contributed by atoms with Crippen molar-refractivity contribution >= 4 is 45.8 Å². The van der Waals surface area contributed by atoms with Gasteiger partial charge in [0, 0.05) is 17.5 Å². The number of hydrogen-bond donors (Lipinski definition) is 4. The SMILES string of the molecule is COC(=O)NCC(=O)N1[C@@H]2CC[C@@H](C2)[C@H]1c1ncc(-c2ccc(-c3ccc4c(ccc5[nH]c([C@@H]6CCC(C)N6C(=O)[C@H](NC(=O)OC)c6ccccc6)nc54)c3)cc2)[nH]1. The Kier molecular flexibility index (Phi) is 9.99. The number of H-pyrrole nitrogens is 2. The van der Waals surface area contributed by atoms with Gasteiger partial charge in [-0.2, -0.15) is 0 Å². The Morgan fingerprint density at radius 1 is 0.814 bits per heavy atom. The van der Waals surface area contributed by atoms with Gasteiger partial charge in [0.15, 0.2) is 0 Å². The van der Waals surface area contributed by atoms with Crippen LogP contribution in [0.4, 0.5) is 9.59 Å². The average Bonchev–Trinajstić information content (AvgIpc) is 4.13. The molecule has 4 aromatic carbocycles. The first-order valence-corrected chi connectivity index (χ1v) is 20.1. The molecule has 1 saturated carbocycles. The molecule has 3 aliphatic rings. The lowest BCUT2D eigenvalue weighted by atomic mass is 9.98. The summed E-state index contributed by atoms with van der Waals surface area (Å²) in [5.74, 6) is 1.46. The number of nitrogens with one attached hydrogen (secondary N) is 4. The van der Waals surface area contributed by atoms with Gasteiger partial charge in [0.25, 0.3) is 5.91 Å². The van der Waals surface area contributed by atoms with E-state index in [-0.39, 0.29) is 42.5 Å². The number of rotatable bonds is 9. The number of carbonyl (C=O) groups is 4. The molecule has 4 N–H and O–H groups in total. The van der Waals surface area contributed by atoms with Crippen LogP contribution in [0.2, 0.25) is 0 Å². The number of likely N-dealkylation sites (tertiary alicyclic amines) is 2. The van der Waals surface area contributed by atoms with Crippen molar-refractivity contribution in [1.82, 2.24) is 40.4 Å². The van der Waals surface area contributed by atoms with Gasteiger partial charge in [0.1, 0.15) is 24.2 Å². The van der Waals surface area contributed by atoms with E-state index in [1.54, 1.807) is 0 Å². The van der Waals surface area contributed by atoms with Crippen LogP contribution in [-0.4, -0.2) is 86.6 Å². The Balaban J connectivity index is 0.933. The minimum Gasteiger partial charge on any atom is -0.453 e. The zero-order chi connectivity index (χ0) is 40.8. The van der Waals surface area contributed by atoms with Crippen LogP contribution < -0.4 is 10.6 Å². The number of carbonyl (C=O) groups excluding carboxylic acids is 4. The molecule has 3 fully saturated rings. The molecule has 14 heteroatoms. The number of methoxy groups -OCH3 is 2. The number of amides is 4. The number of nitrogens with zero attached hydrogens (tertiary/aromatic N) is 4. The van der Waals surface area contributed by atoms with Gasteiger partial charge in [0.05, 0.1) is 49.2 Å². The lowest BCUT2D eigenvalue weighted by Crippen LogP contribution is -2.45. The maximum atomic E-state index is 14.2. The highest BCUT2D eigenvalue weighted by Crippen LogP contribution is 2.50. The van der Waals surface area contributed by atoms with E-state index in [1.165, 1.54) is 14.2 Å². The second-order valence-corrected chi connectivity index (χ2v) is 15.8. The minimum atomic E-state index is -0.902. The number of alkyl carbamates (subject to hydrolysis) is 2. The minimum absolute atomic E-state index is 0.0565. The fraction of sp³-hybridized carbons (Fsp3) is 0.333. The van der Waals surface area contributed by atoms with E-state index >= 15 is 0 Å². The zero-order valence-electron chi connectivity index (χ0n) is 33.1. The van der Waals surface area contributed by atoms with Crippen molar-refractivity contribution in [1.29, 1.82) is 0 Å². The van der Waals surface area contributed by atoms with Crippen LogP contribution in [0.3, 0.4) is 0 Å². The molecule has 4 amide bonds. The van der Waals surface area contributed by atoms with Crippen molar-refractivity contribution < 1.29 is 28.7 Å². The molecule has 1 unspecified atom stereocenters. The van der Waals surface area contributed by atoms with Crippen molar-refractivity contribution in [2.45, 2.75) is 69.2 Å². The van der Waals surface area contributed by atoms with Gasteiger partial charge >= 0.3 is 12.2 Å². The highest BCUT2D eigenvalue weighted by molar-refractivity contribution is 6.05. The number of benzene rings is 4. The third-order valence-electron chi connectivity index (χ3n) is 12.4. The molecule has 4 heterocycles. The van der Waals surface area contributed by atoms with Gasteiger partial charge in [0.2, 0.25) is 5.91 Å². The Morgan fingerprint density at radius 2 is 1.58 bits per heavy atom. The maximum Gasteiger partial charge on any atom is 0.407 e. The molecule has 14 nitrogen and oxygen atoms in total. The molecule has 2 aliphatic heterocycles. The molecular weight excluding hydrogens is 749 g/mol. The van der Waals surface area contributed by atoms with E-state index in [9.17, 15) is 19.2 Å². The lowest BCUT2D eigenvalue weighted by Gasteiger charge is -2.34. The van der Waals surface area contributed by atoms with E-state index in [2.05, 4.69) is 73.9 Å². The fourth-order valence-corrected chi connectivity index (χ4v) is 9.53. The van der Waals surface area contributed by atoms with E-state index < -0.39 is 18.2 Å². The quantitative estimate of drug-likeness (QED) is 0.118. The third kappa shape index (κ3) is 7.02. The summed E-state index contributed by atoms with van der Waals surface area (Å²) in [6.07, 6.45) is 5.00. The second kappa shape index (κ2) is 15.6. The fourth-order valence-electron chi connectivity index (χ4n) is 9.53. The highest BCUT2D eigenvalue weighted by atomic mass is 16.5. The van der Waals surface area contributed by atoms with Gasteiger partial charge in [-0.3, -0.25) is 9.59 Å². The van der Waals surface area contributed by atoms with Crippen LogP contribution >= 0.6 is 0 Å².